The maximum Gasteiger partial charge on any atom is 0.433 e. The Labute approximate surface area is 56.7 Å². The standard InChI is InChI=1S/C4HF6N/c5-3(6,7)1-2(11-1)4(8,9)10/h11H. The lowest BCUT2D eigenvalue weighted by atomic mass is 10.5. The van der Waals surface area contributed by atoms with Gasteiger partial charge < -0.3 is 5.32 Å². The van der Waals surface area contributed by atoms with Gasteiger partial charge in [-0.15, -0.1) is 0 Å². The first kappa shape index (κ1) is 8.22. The van der Waals surface area contributed by atoms with E-state index in [1.165, 1.54) is 0 Å². The molecule has 0 saturated heterocycles. The monoisotopic (exact) mass is 177 g/mol. The number of alkyl halides is 6. The van der Waals surface area contributed by atoms with Gasteiger partial charge in [0.05, 0.1) is 0 Å². The van der Waals surface area contributed by atoms with Gasteiger partial charge in [0, 0.05) is 0 Å². The first-order chi connectivity index (χ1) is 4.73. The molecule has 0 bridgehead atoms. The summed E-state index contributed by atoms with van der Waals surface area (Å²) in [4.78, 5) is 0. The number of nitrogens with one attached hydrogen (secondary N) is 1. The molecule has 0 radical (unpaired) electrons. The fraction of sp³-hybridized carbons (Fsp3) is 0.500. The Kier molecular flexibility index (Phi) is 1.37. The van der Waals surface area contributed by atoms with Crippen molar-refractivity contribution in [1.82, 2.24) is 5.32 Å². The predicted octanol–water partition coefficient (Wildman–Crippen LogP) is 1.93. The third-order valence-corrected chi connectivity index (χ3v) is 1.00. The van der Waals surface area contributed by atoms with Gasteiger partial charge >= 0.3 is 12.4 Å². The van der Waals surface area contributed by atoms with Crippen LogP contribution < -0.4 is 5.32 Å². The molecule has 0 aromatic rings. The van der Waals surface area contributed by atoms with Crippen molar-refractivity contribution < 1.29 is 26.3 Å². The van der Waals surface area contributed by atoms with Crippen LogP contribution >= 0.6 is 0 Å². The van der Waals surface area contributed by atoms with E-state index in [2.05, 4.69) is 0 Å². The summed E-state index contributed by atoms with van der Waals surface area (Å²) in [5.41, 5.74) is -3.38. The minimum atomic E-state index is -4.91. The highest BCUT2D eigenvalue weighted by Crippen LogP contribution is 2.41. The normalized spacial score (nSPS) is 18.4. The highest BCUT2D eigenvalue weighted by molar-refractivity contribution is 5.37. The maximum absolute atomic E-state index is 11.4. The Hall–Kier alpha value is -0.880. The summed E-state index contributed by atoms with van der Waals surface area (Å²) >= 11 is 0. The molecule has 1 rings (SSSR count). The van der Waals surface area contributed by atoms with Crippen LogP contribution in [-0.2, 0) is 0 Å². The molecule has 1 nitrogen and oxygen atoms in total. The summed E-state index contributed by atoms with van der Waals surface area (Å²) in [7, 11) is 0. The van der Waals surface area contributed by atoms with Crippen molar-refractivity contribution in [2.45, 2.75) is 12.4 Å². The Morgan fingerprint density at radius 3 is 1.09 bits per heavy atom. The molecule has 1 heterocycles. The van der Waals surface area contributed by atoms with Crippen molar-refractivity contribution in [3.05, 3.63) is 11.4 Å². The third kappa shape index (κ3) is 1.58. The fourth-order valence-electron chi connectivity index (χ4n) is 0.519. The van der Waals surface area contributed by atoms with Crippen LogP contribution in [0.5, 0.6) is 0 Å². The fourth-order valence-corrected chi connectivity index (χ4v) is 0.519. The maximum atomic E-state index is 11.4. The molecule has 1 N–H and O–H groups in total. The molecule has 1 aliphatic heterocycles. The smallest absolute Gasteiger partial charge is 0.344 e. The molecule has 7 heteroatoms. The van der Waals surface area contributed by atoms with E-state index < -0.39 is 23.7 Å². The molecule has 0 aliphatic carbocycles. The van der Waals surface area contributed by atoms with Gasteiger partial charge in [-0.05, 0) is 0 Å². The number of rotatable bonds is 0. The van der Waals surface area contributed by atoms with Gasteiger partial charge in [-0.1, -0.05) is 0 Å². The Morgan fingerprint density at radius 1 is 0.727 bits per heavy atom. The van der Waals surface area contributed by atoms with Crippen LogP contribution in [0.25, 0.3) is 0 Å². The molecule has 0 unspecified atom stereocenters. The molecule has 0 aromatic carbocycles. The zero-order valence-electron chi connectivity index (χ0n) is 4.77. The van der Waals surface area contributed by atoms with Gasteiger partial charge in [-0.3, -0.25) is 0 Å². The Bertz CT molecular complexity index is 186. The van der Waals surface area contributed by atoms with E-state index in [0.29, 0.717) is 0 Å². The quantitative estimate of drug-likeness (QED) is 0.561. The van der Waals surface area contributed by atoms with Crippen LogP contribution in [0.2, 0.25) is 0 Å². The highest BCUT2D eigenvalue weighted by atomic mass is 19.4. The molecular formula is C4HF6N. The van der Waals surface area contributed by atoms with Gasteiger partial charge in [0.2, 0.25) is 0 Å². The SMILES string of the molecule is FC(F)(F)C1=C(C(F)(F)F)N1. The molecule has 0 saturated carbocycles. The Balaban J connectivity index is 2.77. The van der Waals surface area contributed by atoms with Crippen LogP contribution in [0.3, 0.4) is 0 Å². The van der Waals surface area contributed by atoms with Crippen LogP contribution in [0, 0.1) is 0 Å². The lowest BCUT2D eigenvalue weighted by Crippen LogP contribution is -2.08. The average Bonchev–Trinajstić information content (AvgIpc) is 2.30. The molecule has 0 atom stereocenters. The second-order valence-electron chi connectivity index (χ2n) is 1.87. The summed E-state index contributed by atoms with van der Waals surface area (Å²) in [6.45, 7) is 0. The van der Waals surface area contributed by atoms with E-state index in [4.69, 9.17) is 0 Å². The minimum Gasteiger partial charge on any atom is -0.344 e. The number of halogens is 6. The second kappa shape index (κ2) is 1.83. The van der Waals surface area contributed by atoms with Crippen LogP contribution in [0.15, 0.2) is 11.4 Å². The first-order valence-electron chi connectivity index (χ1n) is 2.38. The van der Waals surface area contributed by atoms with E-state index in [1.54, 1.807) is 0 Å². The zero-order valence-corrected chi connectivity index (χ0v) is 4.77. The van der Waals surface area contributed by atoms with Crippen LogP contribution in [0.1, 0.15) is 0 Å². The number of hydrogen-bond donors (Lipinski definition) is 1. The lowest BCUT2D eigenvalue weighted by molar-refractivity contribution is -0.0981. The third-order valence-electron chi connectivity index (χ3n) is 1.00. The van der Waals surface area contributed by atoms with Crippen LogP contribution in [0.4, 0.5) is 26.3 Å². The summed E-state index contributed by atoms with van der Waals surface area (Å²) in [6, 6.07) is 0. The molecule has 0 amide bonds. The average molecular weight is 177 g/mol. The van der Waals surface area contributed by atoms with Crippen molar-refractivity contribution in [3.63, 3.8) is 0 Å². The van der Waals surface area contributed by atoms with E-state index >= 15 is 0 Å². The van der Waals surface area contributed by atoms with Crippen LogP contribution in [-0.4, -0.2) is 12.4 Å². The Morgan fingerprint density at radius 2 is 1.00 bits per heavy atom. The predicted molar refractivity (Wildman–Crippen MR) is 22.3 cm³/mol. The molecular weight excluding hydrogens is 176 g/mol. The van der Waals surface area contributed by atoms with E-state index in [9.17, 15) is 26.3 Å². The molecule has 1 aliphatic rings. The zero-order chi connectivity index (χ0) is 8.86. The topological polar surface area (TPSA) is 21.9 Å². The van der Waals surface area contributed by atoms with Gasteiger partial charge in [0.15, 0.2) is 0 Å². The van der Waals surface area contributed by atoms with E-state index in [0.717, 1.165) is 5.32 Å². The number of allylic oxidation sites excluding steroid dienone is 2. The summed E-state index contributed by atoms with van der Waals surface area (Å²) in [6.07, 6.45) is -9.82. The summed E-state index contributed by atoms with van der Waals surface area (Å²) < 4.78 is 68.4. The second-order valence-corrected chi connectivity index (χ2v) is 1.87. The highest BCUT2D eigenvalue weighted by Gasteiger charge is 2.55. The van der Waals surface area contributed by atoms with Crippen molar-refractivity contribution in [1.29, 1.82) is 0 Å². The molecule has 0 fully saturated rings. The molecule has 11 heavy (non-hydrogen) atoms. The van der Waals surface area contributed by atoms with E-state index in [-0.39, 0.29) is 0 Å². The molecule has 0 spiro atoms. The van der Waals surface area contributed by atoms with Crippen molar-refractivity contribution in [2.24, 2.45) is 0 Å². The first-order valence-corrected chi connectivity index (χ1v) is 2.38. The lowest BCUT2D eigenvalue weighted by Gasteiger charge is -1.96. The van der Waals surface area contributed by atoms with Crippen molar-refractivity contribution in [3.8, 4) is 0 Å². The molecule has 0 aromatic heterocycles. The minimum absolute atomic E-state index is 1.13. The number of hydrogen-bond acceptors (Lipinski definition) is 1. The van der Waals surface area contributed by atoms with Gasteiger partial charge in [0.25, 0.3) is 0 Å². The van der Waals surface area contributed by atoms with E-state index in [1.807, 2.05) is 0 Å². The summed E-state index contributed by atoms with van der Waals surface area (Å²) in [5.74, 6) is 0. The van der Waals surface area contributed by atoms with Crippen molar-refractivity contribution in [2.75, 3.05) is 0 Å². The molecule has 64 valence electrons. The largest absolute Gasteiger partial charge is 0.433 e. The summed E-state index contributed by atoms with van der Waals surface area (Å²) in [5, 5.41) is 1.13. The van der Waals surface area contributed by atoms with Gasteiger partial charge in [-0.2, -0.15) is 26.3 Å². The van der Waals surface area contributed by atoms with Crippen molar-refractivity contribution >= 4 is 0 Å². The van der Waals surface area contributed by atoms with Gasteiger partial charge in [0.1, 0.15) is 11.4 Å². The van der Waals surface area contributed by atoms with Gasteiger partial charge in [-0.25, -0.2) is 0 Å².